The first-order valence-corrected chi connectivity index (χ1v) is 19.6. The molecule has 2 heterocycles. The highest BCUT2D eigenvalue weighted by atomic mass is 32.1. The lowest BCUT2D eigenvalue weighted by atomic mass is 9.94. The Morgan fingerprint density at radius 2 is 0.982 bits per heavy atom. The third kappa shape index (κ3) is 5.24. The molecule has 0 aliphatic rings. The monoisotopic (exact) mass is 718 g/mol. The van der Waals surface area contributed by atoms with Crippen LogP contribution in [0.25, 0.3) is 80.7 Å². The minimum Gasteiger partial charge on any atom is -0.310 e. The van der Waals surface area contributed by atoms with E-state index in [4.69, 9.17) is 0 Å². The molecule has 0 saturated carbocycles. The number of nitrogens with zero attached hydrogens (tertiary/aromatic N) is 2. The van der Waals surface area contributed by atoms with Crippen LogP contribution in [0.4, 0.5) is 17.1 Å². The third-order valence-electron chi connectivity index (χ3n) is 11.0. The van der Waals surface area contributed by atoms with Crippen molar-refractivity contribution in [1.29, 1.82) is 0 Å². The number of fused-ring (bicyclic) bond motifs is 7. The van der Waals surface area contributed by atoms with E-state index in [0.717, 1.165) is 22.7 Å². The summed E-state index contributed by atoms with van der Waals surface area (Å²) >= 11 is 1.86. The van der Waals surface area contributed by atoms with Crippen molar-refractivity contribution >= 4 is 81.1 Å². The van der Waals surface area contributed by atoms with Gasteiger partial charge in [-0.25, -0.2) is 0 Å². The van der Waals surface area contributed by atoms with Gasteiger partial charge in [-0.05, 0) is 88.1 Å². The van der Waals surface area contributed by atoms with Crippen molar-refractivity contribution in [1.82, 2.24) is 4.57 Å². The van der Waals surface area contributed by atoms with Gasteiger partial charge in [0.15, 0.2) is 0 Å². The molecular weight excluding hydrogens is 685 g/mol. The largest absolute Gasteiger partial charge is 0.310 e. The Hall–Kier alpha value is -6.94. The molecule has 0 bridgehead atoms. The van der Waals surface area contributed by atoms with Crippen molar-refractivity contribution < 1.29 is 0 Å². The molecule has 0 N–H and O–H groups in total. The van der Waals surface area contributed by atoms with Gasteiger partial charge >= 0.3 is 0 Å². The van der Waals surface area contributed by atoms with Crippen molar-refractivity contribution in [2.75, 3.05) is 4.90 Å². The van der Waals surface area contributed by atoms with Gasteiger partial charge in [-0.3, -0.25) is 0 Å². The zero-order valence-corrected chi connectivity index (χ0v) is 30.7. The fourth-order valence-electron chi connectivity index (χ4n) is 8.46. The standard InChI is InChI=1S/C52H34N2S/c1-2-13-36(14-3-1)43-31-25-37(42-21-12-16-35-15-4-5-17-41(35)42)33-50(43)53(40-30-32-47-46-20-8-11-24-51(46)55-52(47)34-40)38-26-28-39(29-27-38)54-48-22-9-6-18-44(48)45-19-7-10-23-49(45)54/h1-34H. The first kappa shape index (κ1) is 31.6. The molecule has 11 rings (SSSR count). The average molecular weight is 719 g/mol. The molecule has 55 heavy (non-hydrogen) atoms. The van der Waals surface area contributed by atoms with E-state index in [1.165, 1.54) is 75.0 Å². The van der Waals surface area contributed by atoms with Crippen LogP contribution in [0.5, 0.6) is 0 Å². The first-order chi connectivity index (χ1) is 27.3. The Morgan fingerprint density at radius 3 is 1.76 bits per heavy atom. The lowest BCUT2D eigenvalue weighted by Crippen LogP contribution is -2.11. The van der Waals surface area contributed by atoms with Crippen LogP contribution in [0.1, 0.15) is 0 Å². The van der Waals surface area contributed by atoms with Gasteiger partial charge in [-0.1, -0.05) is 146 Å². The van der Waals surface area contributed by atoms with E-state index in [-0.39, 0.29) is 0 Å². The van der Waals surface area contributed by atoms with Crippen LogP contribution >= 0.6 is 11.3 Å². The van der Waals surface area contributed by atoms with E-state index >= 15 is 0 Å². The van der Waals surface area contributed by atoms with E-state index < -0.39 is 0 Å². The van der Waals surface area contributed by atoms with Gasteiger partial charge in [0.1, 0.15) is 0 Å². The van der Waals surface area contributed by atoms with Crippen LogP contribution in [-0.4, -0.2) is 4.57 Å². The second kappa shape index (κ2) is 12.9. The quantitative estimate of drug-likeness (QED) is 0.166. The SMILES string of the molecule is c1ccc(-c2ccc(-c3cccc4ccccc34)cc2N(c2ccc(-n3c4ccccc4c4ccccc43)cc2)c2ccc3c(c2)sc2ccccc23)cc1. The molecule has 0 aliphatic carbocycles. The van der Waals surface area contributed by atoms with Crippen molar-refractivity contribution in [3.63, 3.8) is 0 Å². The number of thiophene rings is 1. The van der Waals surface area contributed by atoms with Crippen molar-refractivity contribution in [3.8, 4) is 27.9 Å². The van der Waals surface area contributed by atoms with E-state index in [2.05, 4.69) is 216 Å². The minimum atomic E-state index is 1.09. The number of aromatic nitrogens is 1. The highest BCUT2D eigenvalue weighted by Crippen LogP contribution is 2.46. The molecule has 0 radical (unpaired) electrons. The molecule has 2 aromatic heterocycles. The average Bonchev–Trinajstić information content (AvgIpc) is 3.80. The number of hydrogen-bond acceptors (Lipinski definition) is 2. The number of rotatable bonds is 6. The Kier molecular flexibility index (Phi) is 7.39. The lowest BCUT2D eigenvalue weighted by molar-refractivity contribution is 1.17. The predicted molar refractivity (Wildman–Crippen MR) is 237 cm³/mol. The van der Waals surface area contributed by atoms with Crippen molar-refractivity contribution in [2.45, 2.75) is 0 Å². The van der Waals surface area contributed by atoms with Crippen LogP contribution in [0, 0.1) is 0 Å². The van der Waals surface area contributed by atoms with Gasteiger partial charge in [0.25, 0.3) is 0 Å². The predicted octanol–water partition coefficient (Wildman–Crippen LogP) is 15.1. The molecule has 258 valence electrons. The van der Waals surface area contributed by atoms with Gasteiger partial charge in [0.2, 0.25) is 0 Å². The molecular formula is C52H34N2S. The fraction of sp³-hybridized carbons (Fsp3) is 0. The number of hydrogen-bond donors (Lipinski definition) is 0. The summed E-state index contributed by atoms with van der Waals surface area (Å²) in [5.41, 5.74) is 11.6. The Labute approximate surface area is 323 Å². The molecule has 11 aromatic rings. The topological polar surface area (TPSA) is 8.17 Å². The van der Waals surface area contributed by atoms with Crippen LogP contribution in [0.15, 0.2) is 206 Å². The van der Waals surface area contributed by atoms with E-state index in [1.54, 1.807) is 0 Å². The van der Waals surface area contributed by atoms with Gasteiger partial charge in [0.05, 0.1) is 16.7 Å². The molecule has 0 fully saturated rings. The van der Waals surface area contributed by atoms with Crippen LogP contribution < -0.4 is 4.90 Å². The Bertz CT molecular complexity index is 3150. The smallest absolute Gasteiger partial charge is 0.0546 e. The Morgan fingerprint density at radius 1 is 0.364 bits per heavy atom. The maximum absolute atomic E-state index is 2.45. The van der Waals surface area contributed by atoms with Crippen molar-refractivity contribution in [2.24, 2.45) is 0 Å². The second-order valence-corrected chi connectivity index (χ2v) is 15.2. The van der Waals surface area contributed by atoms with Crippen LogP contribution in [0.3, 0.4) is 0 Å². The Balaban J connectivity index is 1.15. The zero-order valence-electron chi connectivity index (χ0n) is 29.9. The highest BCUT2D eigenvalue weighted by Gasteiger charge is 2.21. The van der Waals surface area contributed by atoms with Crippen LogP contribution in [0.2, 0.25) is 0 Å². The molecule has 0 atom stereocenters. The summed E-state index contributed by atoms with van der Waals surface area (Å²) in [5, 5.41) is 7.60. The molecule has 0 spiro atoms. The number of para-hydroxylation sites is 2. The molecule has 3 heteroatoms. The lowest BCUT2D eigenvalue weighted by Gasteiger charge is -2.29. The van der Waals surface area contributed by atoms with E-state index in [0.29, 0.717) is 0 Å². The van der Waals surface area contributed by atoms with Gasteiger partial charge in [-0.2, -0.15) is 0 Å². The zero-order chi connectivity index (χ0) is 36.3. The normalized spacial score (nSPS) is 11.6. The van der Waals surface area contributed by atoms with Gasteiger partial charge in [0, 0.05) is 53.6 Å². The minimum absolute atomic E-state index is 1.09. The summed E-state index contributed by atoms with van der Waals surface area (Å²) in [7, 11) is 0. The molecule has 0 aliphatic heterocycles. The van der Waals surface area contributed by atoms with E-state index in [1.807, 2.05) is 11.3 Å². The second-order valence-electron chi connectivity index (χ2n) is 14.1. The van der Waals surface area contributed by atoms with Crippen LogP contribution in [-0.2, 0) is 0 Å². The first-order valence-electron chi connectivity index (χ1n) is 18.8. The fourth-order valence-corrected chi connectivity index (χ4v) is 9.59. The van der Waals surface area contributed by atoms with Gasteiger partial charge < -0.3 is 9.47 Å². The van der Waals surface area contributed by atoms with E-state index in [9.17, 15) is 0 Å². The molecule has 0 amide bonds. The summed E-state index contributed by atoms with van der Waals surface area (Å²) in [5.74, 6) is 0. The summed E-state index contributed by atoms with van der Waals surface area (Å²) in [6, 6.07) is 75.3. The van der Waals surface area contributed by atoms with Crippen molar-refractivity contribution in [3.05, 3.63) is 206 Å². The van der Waals surface area contributed by atoms with Gasteiger partial charge in [-0.15, -0.1) is 11.3 Å². The summed E-state index contributed by atoms with van der Waals surface area (Å²) in [6.45, 7) is 0. The summed E-state index contributed by atoms with van der Waals surface area (Å²) in [4.78, 5) is 2.45. The highest BCUT2D eigenvalue weighted by molar-refractivity contribution is 7.25. The molecule has 0 saturated heterocycles. The number of anilines is 3. The molecule has 2 nitrogen and oxygen atoms in total. The summed E-state index contributed by atoms with van der Waals surface area (Å²) in [6.07, 6.45) is 0. The maximum Gasteiger partial charge on any atom is 0.0546 e. The molecule has 9 aromatic carbocycles. The molecule has 0 unspecified atom stereocenters. The summed E-state index contributed by atoms with van der Waals surface area (Å²) < 4.78 is 4.97. The third-order valence-corrected chi connectivity index (χ3v) is 12.1. The number of benzene rings is 9. The maximum atomic E-state index is 2.45.